The Morgan fingerprint density at radius 1 is 1.04 bits per heavy atom. The van der Waals surface area contributed by atoms with Crippen LogP contribution in [0.3, 0.4) is 0 Å². The zero-order chi connectivity index (χ0) is 50.5. The number of nitrogens with zero attached hydrogens (tertiary/aromatic N) is 2. The van der Waals surface area contributed by atoms with E-state index in [1.165, 1.54) is 0 Å². The van der Waals surface area contributed by atoms with Crippen molar-refractivity contribution in [3.63, 3.8) is 0 Å². The van der Waals surface area contributed by atoms with Gasteiger partial charge in [-0.25, -0.2) is 4.79 Å². The molecule has 1 aromatic heterocycles. The van der Waals surface area contributed by atoms with E-state index in [1.54, 1.807) is 49.8 Å². The van der Waals surface area contributed by atoms with Crippen LogP contribution >= 0.6 is 0 Å². The molecule has 14 atom stereocenters. The molecule has 3 aliphatic carbocycles. The van der Waals surface area contributed by atoms with Gasteiger partial charge in [-0.1, -0.05) is 43.0 Å². The number of carboxylic acid groups (broad SMARTS) is 1. The minimum Gasteiger partial charge on any atom is -0.478 e. The number of ether oxygens (including phenoxy) is 4. The Bertz CT molecular complexity index is 2400. The Kier molecular flexibility index (Phi) is 16.7. The fourth-order valence-corrected chi connectivity index (χ4v) is 13.7. The van der Waals surface area contributed by atoms with Crippen LogP contribution in [-0.4, -0.2) is 126 Å². The highest BCUT2D eigenvalue weighted by Crippen LogP contribution is 2.67. The summed E-state index contributed by atoms with van der Waals surface area (Å²) in [7, 11) is 1.58. The number of hydrogen-bond acceptors (Lipinski definition) is 13. The van der Waals surface area contributed by atoms with Crippen LogP contribution in [0.25, 0.3) is 0 Å². The van der Waals surface area contributed by atoms with Gasteiger partial charge < -0.3 is 64.4 Å². The summed E-state index contributed by atoms with van der Waals surface area (Å²) in [5.74, 6) is 0.997. The predicted molar refractivity (Wildman–Crippen MR) is 261 cm³/mol. The number of aromatic nitrogens is 1. The number of fused-ring (bicyclic) bond motifs is 10. The summed E-state index contributed by atoms with van der Waals surface area (Å²) < 4.78 is 26.7. The topological polar surface area (TPSA) is 245 Å². The molecule has 2 aromatic carbocycles. The molecule has 15 nitrogen and oxygen atoms in total. The monoisotopic (exact) mass is 981 g/mol. The lowest BCUT2D eigenvalue weighted by Gasteiger charge is -2.52. The smallest absolute Gasteiger partial charge is 0.335 e. The van der Waals surface area contributed by atoms with E-state index in [9.17, 15) is 50.9 Å². The van der Waals surface area contributed by atoms with Crippen LogP contribution < -0.4 is 4.74 Å². The molecule has 0 amide bonds. The average Bonchev–Trinajstić information content (AvgIpc) is 4.10. The van der Waals surface area contributed by atoms with Gasteiger partial charge in [-0.3, -0.25) is 0 Å². The van der Waals surface area contributed by atoms with Crippen molar-refractivity contribution in [2.45, 2.75) is 150 Å². The maximum absolute atomic E-state index is 13.1. The minimum absolute atomic E-state index is 0.00235. The normalized spacial score (nSPS) is 33.1. The maximum Gasteiger partial charge on any atom is 0.335 e. The van der Waals surface area contributed by atoms with E-state index in [0.29, 0.717) is 50.5 Å². The number of methoxy groups -OCH3 is 1. The Balaban J connectivity index is 1.12. The number of aliphatic hydroxyl groups excluding tert-OH is 5. The number of nitriles is 1. The first-order valence-electron chi connectivity index (χ1n) is 25.5. The number of carbonyl (C=O) groups is 1. The van der Waals surface area contributed by atoms with Crippen molar-refractivity contribution in [2.75, 3.05) is 26.9 Å². The SMILES string of the molecule is C=CCc1ccc(O[C@H]2O[C@H]3[C@@H](O)[C@H](O)[C@]2(O)C[C@H]([C@@H]2CC[C@@H]4C5(CCCC5)[C@@H](Cc5ccc(C(=O)O)cc5)C[C@]4(O)C2)[C@@H](O)CC#CO[C@H]3CCCO)cc1C[C@@H](COC)[C@@H](CO)n1ccc(C#N)c1. The van der Waals surface area contributed by atoms with Crippen molar-refractivity contribution in [2.24, 2.45) is 35.0 Å². The van der Waals surface area contributed by atoms with Crippen LogP contribution in [0.15, 0.2) is 73.6 Å². The molecule has 2 bridgehead atoms. The van der Waals surface area contributed by atoms with Crippen molar-refractivity contribution in [3.05, 3.63) is 101 Å². The lowest BCUT2D eigenvalue weighted by atomic mass is 9.59. The van der Waals surface area contributed by atoms with Gasteiger partial charge >= 0.3 is 5.97 Å². The maximum atomic E-state index is 13.1. The van der Waals surface area contributed by atoms with Crippen LogP contribution in [0.1, 0.15) is 116 Å². The molecule has 0 unspecified atom stereocenters. The first-order valence-corrected chi connectivity index (χ1v) is 25.5. The largest absolute Gasteiger partial charge is 0.478 e. The van der Waals surface area contributed by atoms with Gasteiger partial charge in [0.1, 0.15) is 42.3 Å². The highest BCUT2D eigenvalue weighted by molar-refractivity contribution is 5.87. The van der Waals surface area contributed by atoms with Crippen molar-refractivity contribution in [1.82, 2.24) is 4.57 Å². The molecular formula is C56H72N2O13. The fourth-order valence-electron chi connectivity index (χ4n) is 13.7. The third-order valence-corrected chi connectivity index (χ3v) is 17.2. The summed E-state index contributed by atoms with van der Waals surface area (Å²) in [4.78, 5) is 11.6. The molecule has 4 heterocycles. The predicted octanol–water partition coefficient (Wildman–Crippen LogP) is 5.24. The summed E-state index contributed by atoms with van der Waals surface area (Å²) in [6, 6.07) is 15.8. The Morgan fingerprint density at radius 3 is 2.49 bits per heavy atom. The molecule has 71 heavy (non-hydrogen) atoms. The number of benzene rings is 2. The molecule has 384 valence electrons. The van der Waals surface area contributed by atoms with Crippen molar-refractivity contribution in [1.29, 1.82) is 5.26 Å². The highest BCUT2D eigenvalue weighted by atomic mass is 16.7. The molecule has 9 rings (SSSR count). The van der Waals surface area contributed by atoms with Gasteiger partial charge in [-0.2, -0.15) is 5.26 Å². The summed E-state index contributed by atoms with van der Waals surface area (Å²) in [5.41, 5.74) is -0.0707. The summed E-state index contributed by atoms with van der Waals surface area (Å²) in [6.45, 7) is 3.81. The second kappa shape index (κ2) is 22.5. The molecular weight excluding hydrogens is 909 g/mol. The van der Waals surface area contributed by atoms with E-state index in [1.807, 2.05) is 28.8 Å². The van der Waals surface area contributed by atoms with Crippen LogP contribution in [0.2, 0.25) is 0 Å². The van der Waals surface area contributed by atoms with E-state index in [4.69, 9.17) is 18.9 Å². The highest BCUT2D eigenvalue weighted by Gasteiger charge is 2.65. The molecule has 15 heteroatoms. The van der Waals surface area contributed by atoms with Crippen molar-refractivity contribution < 1.29 is 64.6 Å². The van der Waals surface area contributed by atoms with Crippen LogP contribution in [0.4, 0.5) is 0 Å². The molecule has 3 aromatic rings. The third-order valence-electron chi connectivity index (χ3n) is 17.2. The lowest BCUT2D eigenvalue weighted by Crippen LogP contribution is -2.70. The molecule has 1 spiro atoms. The van der Waals surface area contributed by atoms with Gasteiger partial charge in [-0.05, 0) is 153 Å². The van der Waals surface area contributed by atoms with E-state index < -0.39 is 65.9 Å². The molecule has 6 aliphatic rings. The number of aromatic carboxylic acids is 1. The van der Waals surface area contributed by atoms with Crippen LogP contribution in [-0.2, 0) is 33.5 Å². The van der Waals surface area contributed by atoms with Crippen LogP contribution in [0.5, 0.6) is 5.75 Å². The zero-order valence-electron chi connectivity index (χ0n) is 40.7. The number of rotatable bonds is 18. The minimum atomic E-state index is -2.32. The van der Waals surface area contributed by atoms with Gasteiger partial charge in [0.2, 0.25) is 6.29 Å². The van der Waals surface area contributed by atoms with Gasteiger partial charge in [0.15, 0.2) is 5.60 Å². The first-order chi connectivity index (χ1) is 34.2. The molecule has 8 N–H and O–H groups in total. The summed E-state index contributed by atoms with van der Waals surface area (Å²) >= 11 is 0. The Hall–Kier alpha value is -4.78. The molecule has 4 fully saturated rings. The second-order valence-corrected chi connectivity index (χ2v) is 21.2. The van der Waals surface area contributed by atoms with E-state index in [0.717, 1.165) is 42.4 Å². The van der Waals surface area contributed by atoms with Crippen molar-refractivity contribution in [3.8, 4) is 23.8 Å². The lowest BCUT2D eigenvalue weighted by molar-refractivity contribution is -0.334. The van der Waals surface area contributed by atoms with Crippen molar-refractivity contribution >= 4 is 5.97 Å². The second-order valence-electron chi connectivity index (χ2n) is 21.2. The van der Waals surface area contributed by atoms with Crippen LogP contribution in [0, 0.1) is 58.4 Å². The standard InChI is InChI=1S/C56H72N2O13/c1-3-8-37-15-17-43(27-40(37)26-41(34-68-2)45(33-60)58-22-19-36(31-57)32-58)70-53-56(67)30-44(46(61)9-7-24-69-47(10-6-23-59)50(71-53)49(62)51(56)63)39-16-18-48-54(20-4-5-21-54)42(29-55(48,66)28-39)25-35-11-13-38(14-12-35)52(64)65/h3,11-15,17,19,22,27,32,39,41-42,44-51,53,59-63,66-67H,1,4-6,8-10,16,18,20-21,23,25-26,28-30,33-34H2,2H3,(H,64,65)/t39-,41+,42+,44-,45-,46+,47+,48-,49-,50-,51+,53+,55-,56-/m1/s1. The molecule has 0 radical (unpaired) electrons. The quantitative estimate of drug-likeness (QED) is 0.0601. The fraction of sp³-hybridized carbons (Fsp3) is 0.607. The number of aliphatic hydroxyl groups is 7. The van der Waals surface area contributed by atoms with Gasteiger partial charge in [0, 0.05) is 38.4 Å². The third kappa shape index (κ3) is 10.8. The van der Waals surface area contributed by atoms with Gasteiger partial charge in [0.25, 0.3) is 0 Å². The van der Waals surface area contributed by atoms with E-state index in [-0.39, 0.29) is 85.9 Å². The Labute approximate surface area is 416 Å². The number of hydrogen-bond donors (Lipinski definition) is 8. The first kappa shape index (κ1) is 52.5. The number of carboxylic acids is 1. The average molecular weight is 981 g/mol. The van der Waals surface area contributed by atoms with Gasteiger partial charge in [0.05, 0.1) is 42.1 Å². The Morgan fingerprint density at radius 2 is 1.82 bits per heavy atom. The summed E-state index contributed by atoms with van der Waals surface area (Å²) in [6.07, 6.45) is 7.37. The molecule has 3 saturated carbocycles. The van der Waals surface area contributed by atoms with E-state index >= 15 is 0 Å². The number of allylic oxidation sites excluding steroid dienone is 1. The van der Waals surface area contributed by atoms with E-state index in [2.05, 4.69) is 24.7 Å². The summed E-state index contributed by atoms with van der Waals surface area (Å²) in [5, 5.41) is 102. The van der Waals surface area contributed by atoms with Gasteiger partial charge in [-0.15, -0.1) is 6.58 Å². The zero-order valence-corrected chi connectivity index (χ0v) is 40.7. The molecule has 1 saturated heterocycles. The molecule has 3 aliphatic heterocycles.